The van der Waals surface area contributed by atoms with Gasteiger partial charge in [0.05, 0.1) is 0 Å². The van der Waals surface area contributed by atoms with Gasteiger partial charge in [-0.2, -0.15) is 0 Å². The summed E-state index contributed by atoms with van der Waals surface area (Å²) in [4.78, 5) is 2.38. The van der Waals surface area contributed by atoms with Crippen LogP contribution in [-0.2, 0) is 5.41 Å². The van der Waals surface area contributed by atoms with Gasteiger partial charge in [0.15, 0.2) is 0 Å². The molecular weight excluding hydrogens is 643 g/mol. The third-order valence-corrected chi connectivity index (χ3v) is 11.1. The first-order valence-corrected chi connectivity index (χ1v) is 18.3. The molecule has 53 heavy (non-hydrogen) atoms. The van der Waals surface area contributed by atoms with Crippen molar-refractivity contribution in [3.8, 4) is 44.5 Å². The van der Waals surface area contributed by atoms with Crippen LogP contribution in [0.2, 0.25) is 0 Å². The number of fused-ring (bicyclic) bond motifs is 6. The number of hydrogen-bond acceptors (Lipinski definition) is 2. The van der Waals surface area contributed by atoms with E-state index in [0.717, 1.165) is 39.0 Å². The lowest BCUT2D eigenvalue weighted by molar-refractivity contribution is 0.660. The fourth-order valence-electron chi connectivity index (χ4n) is 8.29. The summed E-state index contributed by atoms with van der Waals surface area (Å²) in [6.07, 6.45) is 0. The molecule has 0 atom stereocenters. The van der Waals surface area contributed by atoms with E-state index in [4.69, 9.17) is 4.42 Å². The maximum absolute atomic E-state index is 6.06. The molecule has 0 bridgehead atoms. The van der Waals surface area contributed by atoms with E-state index in [1.54, 1.807) is 0 Å². The van der Waals surface area contributed by atoms with E-state index < -0.39 is 0 Å². The first kappa shape index (κ1) is 31.1. The van der Waals surface area contributed by atoms with Crippen LogP contribution in [0.3, 0.4) is 0 Å². The Hall–Kier alpha value is -6.64. The molecule has 0 spiro atoms. The molecule has 0 aliphatic heterocycles. The Bertz CT molecular complexity index is 2770. The van der Waals surface area contributed by atoms with Gasteiger partial charge in [0.2, 0.25) is 0 Å². The van der Waals surface area contributed by atoms with Gasteiger partial charge in [-0.1, -0.05) is 147 Å². The maximum Gasteiger partial charge on any atom is 0.135 e. The minimum Gasteiger partial charge on any atom is -0.456 e. The van der Waals surface area contributed by atoms with Gasteiger partial charge in [0.1, 0.15) is 11.2 Å². The second-order valence-corrected chi connectivity index (χ2v) is 14.6. The van der Waals surface area contributed by atoms with Gasteiger partial charge < -0.3 is 9.32 Å². The van der Waals surface area contributed by atoms with Gasteiger partial charge in [0.25, 0.3) is 0 Å². The fraction of sp³-hybridized carbons (Fsp3) is 0.0588. The summed E-state index contributed by atoms with van der Waals surface area (Å²) in [5.41, 5.74) is 17.7. The van der Waals surface area contributed by atoms with Crippen LogP contribution in [0.1, 0.15) is 25.0 Å². The summed E-state index contributed by atoms with van der Waals surface area (Å²) in [5, 5.41) is 2.30. The highest BCUT2D eigenvalue weighted by atomic mass is 16.3. The van der Waals surface area contributed by atoms with Crippen LogP contribution in [0.4, 0.5) is 17.1 Å². The van der Waals surface area contributed by atoms with Crippen LogP contribution in [0.25, 0.3) is 66.4 Å². The lowest BCUT2D eigenvalue weighted by Gasteiger charge is -2.27. The summed E-state index contributed by atoms with van der Waals surface area (Å²) in [6, 6.07) is 67.9. The van der Waals surface area contributed by atoms with Crippen molar-refractivity contribution in [2.24, 2.45) is 0 Å². The predicted octanol–water partition coefficient (Wildman–Crippen LogP) is 14.4. The molecule has 0 unspecified atom stereocenters. The highest BCUT2D eigenvalue weighted by Gasteiger charge is 2.35. The van der Waals surface area contributed by atoms with E-state index in [1.165, 1.54) is 55.6 Å². The normalized spacial score (nSPS) is 12.9. The van der Waals surface area contributed by atoms with E-state index in [2.05, 4.69) is 195 Å². The Balaban J connectivity index is 1.00. The van der Waals surface area contributed by atoms with E-state index in [1.807, 2.05) is 12.1 Å². The number of benzene rings is 8. The molecule has 1 aliphatic rings. The first-order valence-electron chi connectivity index (χ1n) is 18.3. The third kappa shape index (κ3) is 5.26. The molecule has 0 N–H and O–H groups in total. The van der Waals surface area contributed by atoms with Gasteiger partial charge in [-0.3, -0.25) is 0 Å². The van der Waals surface area contributed by atoms with Crippen LogP contribution in [-0.4, -0.2) is 0 Å². The predicted molar refractivity (Wildman–Crippen MR) is 222 cm³/mol. The number of para-hydroxylation sites is 1. The van der Waals surface area contributed by atoms with Crippen LogP contribution in [0, 0.1) is 0 Å². The smallest absolute Gasteiger partial charge is 0.135 e. The van der Waals surface area contributed by atoms with E-state index in [0.29, 0.717) is 0 Å². The minimum atomic E-state index is -0.0375. The minimum absolute atomic E-state index is 0.0375. The maximum atomic E-state index is 6.06. The number of hydrogen-bond donors (Lipinski definition) is 0. The molecule has 1 aromatic heterocycles. The highest BCUT2D eigenvalue weighted by Crippen LogP contribution is 2.50. The van der Waals surface area contributed by atoms with Crippen LogP contribution in [0.15, 0.2) is 192 Å². The zero-order valence-corrected chi connectivity index (χ0v) is 29.8. The molecule has 1 aliphatic carbocycles. The molecule has 0 saturated heterocycles. The van der Waals surface area contributed by atoms with Crippen LogP contribution < -0.4 is 4.90 Å². The van der Waals surface area contributed by atoms with Gasteiger partial charge >= 0.3 is 0 Å². The fourth-order valence-corrected chi connectivity index (χ4v) is 8.29. The molecular formula is C51H37NO. The van der Waals surface area contributed by atoms with E-state index in [9.17, 15) is 0 Å². The Kier molecular flexibility index (Phi) is 7.19. The highest BCUT2D eigenvalue weighted by molar-refractivity contribution is 6.06. The van der Waals surface area contributed by atoms with Crippen LogP contribution in [0.5, 0.6) is 0 Å². The van der Waals surface area contributed by atoms with Gasteiger partial charge in [-0.15, -0.1) is 0 Å². The topological polar surface area (TPSA) is 16.4 Å². The van der Waals surface area contributed by atoms with E-state index in [-0.39, 0.29) is 5.41 Å². The van der Waals surface area contributed by atoms with Crippen molar-refractivity contribution in [1.29, 1.82) is 0 Å². The third-order valence-electron chi connectivity index (χ3n) is 11.1. The average molecular weight is 680 g/mol. The molecule has 2 nitrogen and oxygen atoms in total. The van der Waals surface area contributed by atoms with Crippen molar-refractivity contribution in [3.63, 3.8) is 0 Å². The number of rotatable bonds is 6. The Morgan fingerprint density at radius 2 is 0.849 bits per heavy atom. The standard InChI is InChI=1S/C51H37NO/c1-51(2)47-14-8-6-12-43(47)45-33-42(29-30-48(45)51)52(40-25-20-36(21-26-40)34-10-4-3-5-11-34)41-27-22-37(23-28-41)35-16-18-38(19-17-35)39-24-31-50-46(32-39)44-13-7-9-15-49(44)53-50/h3-33H,1-2H3. The Labute approximate surface area is 310 Å². The summed E-state index contributed by atoms with van der Waals surface area (Å²) in [7, 11) is 0. The summed E-state index contributed by atoms with van der Waals surface area (Å²) >= 11 is 0. The molecule has 0 amide bonds. The summed E-state index contributed by atoms with van der Waals surface area (Å²) < 4.78 is 6.06. The lowest BCUT2D eigenvalue weighted by atomic mass is 9.82. The van der Waals surface area contributed by atoms with E-state index >= 15 is 0 Å². The van der Waals surface area contributed by atoms with Gasteiger partial charge in [0, 0.05) is 33.2 Å². The number of anilines is 3. The van der Waals surface area contributed by atoms with Crippen molar-refractivity contribution < 1.29 is 4.42 Å². The van der Waals surface area contributed by atoms with Crippen molar-refractivity contribution in [1.82, 2.24) is 0 Å². The molecule has 0 saturated carbocycles. The van der Waals surface area contributed by atoms with Crippen molar-refractivity contribution in [2.75, 3.05) is 4.90 Å². The molecule has 0 fully saturated rings. The SMILES string of the molecule is CC1(C)c2ccccc2-c2cc(N(c3ccc(-c4ccccc4)cc3)c3ccc(-c4ccc(-c5ccc6oc7ccccc7c6c5)cc4)cc3)ccc21. The van der Waals surface area contributed by atoms with Gasteiger partial charge in [-0.25, -0.2) is 0 Å². The molecule has 252 valence electrons. The number of furan rings is 1. The van der Waals surface area contributed by atoms with Crippen molar-refractivity contribution >= 4 is 39.0 Å². The van der Waals surface area contributed by atoms with Crippen molar-refractivity contribution in [2.45, 2.75) is 19.3 Å². The monoisotopic (exact) mass is 679 g/mol. The van der Waals surface area contributed by atoms with Crippen LogP contribution >= 0.6 is 0 Å². The largest absolute Gasteiger partial charge is 0.456 e. The zero-order chi connectivity index (χ0) is 35.5. The first-order chi connectivity index (χ1) is 26.0. The second-order valence-electron chi connectivity index (χ2n) is 14.6. The van der Waals surface area contributed by atoms with Gasteiger partial charge in [-0.05, 0) is 110 Å². The molecule has 0 radical (unpaired) electrons. The zero-order valence-electron chi connectivity index (χ0n) is 29.8. The summed E-state index contributed by atoms with van der Waals surface area (Å²) in [5.74, 6) is 0. The molecule has 2 heteroatoms. The Morgan fingerprint density at radius 3 is 1.55 bits per heavy atom. The van der Waals surface area contributed by atoms with Crippen molar-refractivity contribution in [3.05, 3.63) is 199 Å². The molecule has 1 heterocycles. The molecule has 8 aromatic carbocycles. The molecule has 10 rings (SSSR count). The summed E-state index contributed by atoms with van der Waals surface area (Å²) in [6.45, 7) is 4.67. The average Bonchev–Trinajstić information content (AvgIpc) is 3.70. The second kappa shape index (κ2) is 12.3. The molecule has 9 aromatic rings. The number of nitrogens with zero attached hydrogens (tertiary/aromatic N) is 1. The lowest BCUT2D eigenvalue weighted by Crippen LogP contribution is -2.15. The Morgan fingerprint density at radius 1 is 0.358 bits per heavy atom. The quantitative estimate of drug-likeness (QED) is 0.174.